The van der Waals surface area contributed by atoms with Crippen LogP contribution in [0.4, 0.5) is 0 Å². The number of likely N-dealkylation sites (N-methyl/N-ethyl adjacent to an activating group) is 1. The second-order valence-electron chi connectivity index (χ2n) is 4.74. The number of aromatic nitrogens is 1. The van der Waals surface area contributed by atoms with Crippen molar-refractivity contribution in [3.63, 3.8) is 0 Å². The Bertz CT molecular complexity index is 804. The van der Waals surface area contributed by atoms with Gasteiger partial charge in [-0.3, -0.25) is 4.79 Å². The van der Waals surface area contributed by atoms with Crippen LogP contribution in [0.1, 0.15) is 9.88 Å². The number of nitrogens with zero attached hydrogens (tertiary/aromatic N) is 2. The first-order valence-corrected chi connectivity index (χ1v) is 8.66. The highest BCUT2D eigenvalue weighted by molar-refractivity contribution is 7.18. The molecule has 0 aliphatic rings. The molecule has 1 aromatic carbocycles. The van der Waals surface area contributed by atoms with E-state index in [0.717, 1.165) is 24.4 Å². The molecule has 1 amide bonds. The highest BCUT2D eigenvalue weighted by Crippen LogP contribution is 2.23. The van der Waals surface area contributed by atoms with Gasteiger partial charge in [0.2, 0.25) is 5.91 Å². The molecule has 0 saturated carbocycles. The minimum atomic E-state index is -0.0521. The van der Waals surface area contributed by atoms with Crippen LogP contribution in [0.2, 0.25) is 4.34 Å². The second kappa shape index (κ2) is 6.60. The third-order valence-corrected chi connectivity index (χ3v) is 5.29. The molecule has 0 unspecified atom stereocenters. The first-order valence-electron chi connectivity index (χ1n) is 6.65. The van der Waals surface area contributed by atoms with E-state index in [4.69, 9.17) is 11.6 Å². The Balaban J connectivity index is 1.66. The zero-order valence-electron chi connectivity index (χ0n) is 11.8. The number of thiophene rings is 1. The Kier molecular flexibility index (Phi) is 4.57. The van der Waals surface area contributed by atoms with E-state index in [1.165, 1.54) is 11.3 Å². The summed E-state index contributed by atoms with van der Waals surface area (Å²) in [6.07, 6.45) is 3.35. The van der Waals surface area contributed by atoms with Gasteiger partial charge in [-0.05, 0) is 30.3 Å². The summed E-state index contributed by atoms with van der Waals surface area (Å²) in [5.41, 5.74) is 0.979. The van der Waals surface area contributed by atoms with Crippen LogP contribution in [-0.2, 0) is 11.3 Å². The van der Waals surface area contributed by atoms with Gasteiger partial charge in [-0.25, -0.2) is 4.98 Å². The van der Waals surface area contributed by atoms with E-state index in [2.05, 4.69) is 4.98 Å². The fraction of sp³-hybridized carbons (Fsp3) is 0.125. The van der Waals surface area contributed by atoms with Crippen LogP contribution in [0.25, 0.3) is 16.3 Å². The molecule has 0 aliphatic carbocycles. The fourth-order valence-corrected chi connectivity index (χ4v) is 3.95. The SMILES string of the molecule is CN(Cc1nc2ccccc2s1)C(=O)/C=C/c1ccc(Cl)s1. The van der Waals surface area contributed by atoms with Crippen molar-refractivity contribution in [1.29, 1.82) is 0 Å². The smallest absolute Gasteiger partial charge is 0.246 e. The zero-order valence-corrected chi connectivity index (χ0v) is 14.2. The Morgan fingerprint density at radius 1 is 1.27 bits per heavy atom. The number of benzene rings is 1. The van der Waals surface area contributed by atoms with Crippen molar-refractivity contribution in [3.05, 3.63) is 56.7 Å². The van der Waals surface area contributed by atoms with Crippen LogP contribution < -0.4 is 0 Å². The molecule has 3 aromatic rings. The number of rotatable bonds is 4. The third-order valence-electron chi connectivity index (χ3n) is 3.07. The molecule has 0 atom stereocenters. The minimum Gasteiger partial charge on any atom is -0.335 e. The molecule has 0 aliphatic heterocycles. The average Bonchev–Trinajstić information content (AvgIpc) is 3.09. The maximum absolute atomic E-state index is 12.1. The summed E-state index contributed by atoms with van der Waals surface area (Å²) in [6.45, 7) is 0.508. The van der Waals surface area contributed by atoms with Crippen LogP contribution in [0.3, 0.4) is 0 Å². The predicted molar refractivity (Wildman–Crippen MR) is 94.5 cm³/mol. The van der Waals surface area contributed by atoms with E-state index in [-0.39, 0.29) is 5.91 Å². The van der Waals surface area contributed by atoms with Crippen molar-refractivity contribution in [1.82, 2.24) is 9.88 Å². The molecule has 0 fully saturated rings. The van der Waals surface area contributed by atoms with Crippen molar-refractivity contribution < 1.29 is 4.79 Å². The van der Waals surface area contributed by atoms with Gasteiger partial charge < -0.3 is 4.90 Å². The molecule has 6 heteroatoms. The number of halogens is 1. The monoisotopic (exact) mass is 348 g/mol. The molecular weight excluding hydrogens is 336 g/mol. The molecule has 0 bridgehead atoms. The summed E-state index contributed by atoms with van der Waals surface area (Å²) < 4.78 is 1.86. The second-order valence-corrected chi connectivity index (χ2v) is 7.61. The van der Waals surface area contributed by atoms with E-state index in [9.17, 15) is 4.79 Å². The van der Waals surface area contributed by atoms with Crippen molar-refractivity contribution in [2.45, 2.75) is 6.54 Å². The Morgan fingerprint density at radius 3 is 2.82 bits per heavy atom. The van der Waals surface area contributed by atoms with Gasteiger partial charge >= 0.3 is 0 Å². The molecule has 3 nitrogen and oxygen atoms in total. The largest absolute Gasteiger partial charge is 0.335 e. The molecule has 2 aromatic heterocycles. The summed E-state index contributed by atoms with van der Waals surface area (Å²) in [4.78, 5) is 19.3. The maximum atomic E-state index is 12.1. The maximum Gasteiger partial charge on any atom is 0.246 e. The van der Waals surface area contributed by atoms with Crippen LogP contribution in [-0.4, -0.2) is 22.8 Å². The first kappa shape index (κ1) is 15.2. The van der Waals surface area contributed by atoms with E-state index in [0.29, 0.717) is 6.54 Å². The zero-order chi connectivity index (χ0) is 15.5. The molecular formula is C16H13ClN2OS2. The van der Waals surface area contributed by atoms with Gasteiger partial charge in [-0.15, -0.1) is 22.7 Å². The van der Waals surface area contributed by atoms with Gasteiger partial charge in [0, 0.05) is 18.0 Å². The summed E-state index contributed by atoms with van der Waals surface area (Å²) in [5, 5.41) is 0.935. The lowest BCUT2D eigenvalue weighted by Crippen LogP contribution is -2.23. The van der Waals surface area contributed by atoms with Gasteiger partial charge in [0.15, 0.2) is 0 Å². The topological polar surface area (TPSA) is 33.2 Å². The highest BCUT2D eigenvalue weighted by Gasteiger charge is 2.10. The van der Waals surface area contributed by atoms with Crippen LogP contribution in [0.15, 0.2) is 42.5 Å². The molecule has 0 N–H and O–H groups in total. The van der Waals surface area contributed by atoms with Gasteiger partial charge in [0.25, 0.3) is 0 Å². The van der Waals surface area contributed by atoms with E-state index in [1.54, 1.807) is 35.4 Å². The Morgan fingerprint density at radius 2 is 2.09 bits per heavy atom. The van der Waals surface area contributed by atoms with E-state index in [1.807, 2.05) is 36.4 Å². The number of hydrogen-bond donors (Lipinski definition) is 0. The number of hydrogen-bond acceptors (Lipinski definition) is 4. The molecule has 3 rings (SSSR count). The minimum absolute atomic E-state index is 0.0521. The molecule has 0 radical (unpaired) electrons. The predicted octanol–water partition coefficient (Wildman–Crippen LogP) is 4.68. The molecule has 0 spiro atoms. The lowest BCUT2D eigenvalue weighted by atomic mass is 10.3. The number of thiazole rings is 1. The number of amides is 1. The first-order chi connectivity index (χ1) is 10.6. The highest BCUT2D eigenvalue weighted by atomic mass is 35.5. The fourth-order valence-electron chi connectivity index (χ4n) is 1.97. The number of fused-ring (bicyclic) bond motifs is 1. The van der Waals surface area contributed by atoms with Gasteiger partial charge in [0.1, 0.15) is 5.01 Å². The number of carbonyl (C=O) groups excluding carboxylic acids is 1. The average molecular weight is 349 g/mol. The van der Waals surface area contributed by atoms with E-state index >= 15 is 0 Å². The van der Waals surface area contributed by atoms with Gasteiger partial charge in [-0.2, -0.15) is 0 Å². The van der Waals surface area contributed by atoms with Crippen molar-refractivity contribution in [2.75, 3.05) is 7.05 Å². The summed E-state index contributed by atoms with van der Waals surface area (Å²) in [6, 6.07) is 11.7. The molecule has 112 valence electrons. The van der Waals surface area contributed by atoms with Crippen LogP contribution >= 0.6 is 34.3 Å². The lowest BCUT2D eigenvalue weighted by Gasteiger charge is -2.12. The normalized spacial score (nSPS) is 11.4. The van der Waals surface area contributed by atoms with Gasteiger partial charge in [0.05, 0.1) is 21.1 Å². The lowest BCUT2D eigenvalue weighted by molar-refractivity contribution is -0.125. The quantitative estimate of drug-likeness (QED) is 0.641. The van der Waals surface area contributed by atoms with Crippen LogP contribution in [0, 0.1) is 0 Å². The summed E-state index contributed by atoms with van der Waals surface area (Å²) in [7, 11) is 1.78. The third kappa shape index (κ3) is 3.55. The Hall–Kier alpha value is -1.69. The number of carbonyl (C=O) groups is 1. The van der Waals surface area contributed by atoms with Gasteiger partial charge in [-0.1, -0.05) is 23.7 Å². The Labute approximate surface area is 141 Å². The molecule has 0 saturated heterocycles. The standard InChI is InChI=1S/C16H13ClN2OS2/c1-19(16(20)9-7-11-6-8-14(17)21-11)10-15-18-12-4-2-3-5-13(12)22-15/h2-9H,10H2,1H3/b9-7+. The molecule has 2 heterocycles. The van der Waals surface area contributed by atoms with E-state index < -0.39 is 0 Å². The number of para-hydroxylation sites is 1. The van der Waals surface area contributed by atoms with Crippen LogP contribution in [0.5, 0.6) is 0 Å². The van der Waals surface area contributed by atoms with Crippen molar-refractivity contribution in [2.24, 2.45) is 0 Å². The van der Waals surface area contributed by atoms with Crippen molar-refractivity contribution in [3.8, 4) is 0 Å². The van der Waals surface area contributed by atoms with Crippen molar-refractivity contribution >= 4 is 56.5 Å². The summed E-state index contributed by atoms with van der Waals surface area (Å²) >= 11 is 8.93. The summed E-state index contributed by atoms with van der Waals surface area (Å²) in [5.74, 6) is -0.0521. The molecule has 22 heavy (non-hydrogen) atoms.